The first-order valence-electron chi connectivity index (χ1n) is 45.9. The Morgan fingerprint density at radius 2 is 0.647 bits per heavy atom. The van der Waals surface area contributed by atoms with Crippen molar-refractivity contribution >= 4 is 52.1 Å². The van der Waals surface area contributed by atoms with E-state index in [1.165, 1.54) is 13.8 Å². The number of pyridine rings is 2. The Hall–Kier alpha value is -8.00. The fourth-order valence-corrected chi connectivity index (χ4v) is 16.3. The molecule has 0 saturated heterocycles. The Bertz CT molecular complexity index is 3600. The van der Waals surface area contributed by atoms with Gasteiger partial charge in [0.05, 0.1) is 29.1 Å². The predicted molar refractivity (Wildman–Crippen MR) is 476 cm³/mol. The summed E-state index contributed by atoms with van der Waals surface area (Å²) in [6.45, 7) is 49.3. The van der Waals surface area contributed by atoms with Crippen molar-refractivity contribution in [2.75, 3.05) is 52.4 Å². The van der Waals surface area contributed by atoms with Gasteiger partial charge < -0.3 is 29.8 Å². The van der Waals surface area contributed by atoms with E-state index in [1.54, 1.807) is 36.4 Å². The van der Waals surface area contributed by atoms with Crippen LogP contribution in [0.5, 0.6) is 11.8 Å². The molecule has 0 fully saturated rings. The van der Waals surface area contributed by atoms with Crippen molar-refractivity contribution < 1.29 is 29.4 Å². The van der Waals surface area contributed by atoms with Crippen molar-refractivity contribution in [2.45, 2.75) is 343 Å². The quantitative estimate of drug-likeness (QED) is 0.0315. The van der Waals surface area contributed by atoms with Gasteiger partial charge in [-0.05, 0) is 155 Å². The van der Waals surface area contributed by atoms with Gasteiger partial charge in [0.25, 0.3) is 34.7 Å². The number of carbonyl (C=O) groups excluding carboxylic acids is 4. The smallest absolute Gasteiger partial charge is 0.281 e. The van der Waals surface area contributed by atoms with Crippen molar-refractivity contribution in [3.63, 3.8) is 0 Å². The van der Waals surface area contributed by atoms with Crippen molar-refractivity contribution in [3.8, 4) is 17.8 Å². The second kappa shape index (κ2) is 54.9. The molecule has 0 saturated carbocycles. The molecule has 0 radical (unpaired) electrons. The first kappa shape index (κ1) is 100. The summed E-state index contributed by atoms with van der Waals surface area (Å²) >= 11 is 0. The number of amides is 4. The van der Waals surface area contributed by atoms with Gasteiger partial charge in [-0.3, -0.25) is 37.9 Å². The lowest BCUT2D eigenvalue weighted by atomic mass is 9.94. The van der Waals surface area contributed by atoms with Crippen molar-refractivity contribution in [2.24, 2.45) is 67.8 Å². The number of nitrogens with zero attached hydrogens (tertiary/aromatic N) is 12. The summed E-state index contributed by atoms with van der Waals surface area (Å²) in [5, 5.41) is 53.3. The third-order valence-electron chi connectivity index (χ3n) is 24.8. The summed E-state index contributed by atoms with van der Waals surface area (Å²) in [7, 11) is 0. The van der Waals surface area contributed by atoms with Gasteiger partial charge in [-0.15, -0.1) is 20.5 Å². The molecule has 4 rings (SSSR count). The molecule has 0 spiro atoms. The van der Waals surface area contributed by atoms with Crippen molar-refractivity contribution in [1.82, 2.24) is 28.7 Å². The third kappa shape index (κ3) is 30.1. The van der Waals surface area contributed by atoms with Crippen molar-refractivity contribution in [3.05, 3.63) is 107 Å². The molecule has 2 aromatic heterocycles. The van der Waals surface area contributed by atoms with E-state index in [1.807, 2.05) is 25.7 Å². The average molecular weight is 1600 g/mol. The van der Waals surface area contributed by atoms with E-state index in [9.17, 15) is 15.5 Å². The van der Waals surface area contributed by atoms with Crippen LogP contribution in [0.25, 0.3) is 4.85 Å². The zero-order valence-electron chi connectivity index (χ0n) is 75.5. The molecule has 0 aliphatic carbocycles. The van der Waals surface area contributed by atoms with Crippen LogP contribution >= 0.6 is 0 Å². The summed E-state index contributed by atoms with van der Waals surface area (Å²) < 4.78 is 1.72. The van der Waals surface area contributed by atoms with E-state index in [-0.39, 0.29) is 127 Å². The number of unbranched alkanes of at least 4 members (excludes halogenated alkanes) is 8. The highest BCUT2D eigenvalue weighted by atomic mass is 16.3. The largest absolute Gasteiger partial charge is 0.503 e. The van der Waals surface area contributed by atoms with Gasteiger partial charge in [0.2, 0.25) is 11.6 Å². The molecule has 2 heterocycles. The summed E-state index contributed by atoms with van der Waals surface area (Å²) in [6.07, 6.45) is 31.3. The first-order valence-corrected chi connectivity index (χ1v) is 45.9. The lowest BCUT2D eigenvalue weighted by Crippen LogP contribution is -2.40. The molecule has 0 bridgehead atoms. The molecule has 4 amide bonds. The van der Waals surface area contributed by atoms with Crippen LogP contribution in [0.4, 0.5) is 28.4 Å². The van der Waals surface area contributed by atoms with Crippen LogP contribution in [0.1, 0.15) is 374 Å². The van der Waals surface area contributed by atoms with E-state index in [4.69, 9.17) is 16.8 Å². The molecule has 2 N–H and O–H groups in total. The standard InChI is InChI=1S/C96H154N12O8/c1-20-36-44-71(28-9)61-103(62-72(29-10)45-37-21-2)89(109)79-52-54-84(81(58-79)91(111)105(65-75(32-13)48-40-24-5)66-76(33-14)49-41-25-6)99-101-87-69(17)83(60-97)93(113)107(95(87)115)56-57-108-94(114)86(98-19)70(18)88(96(108)116)102-100-85-55-53-80(90(110)104(63-73(30-11)46-38-22-3)64-74(31-12)47-39-23-4)59-82(85)92(112)106(67-77(34-15)50-42-26-7)68-78(35-16)51-43-27-8/h52-55,58-59,71-78,113-114H,20-51,56-57,61-68H2,1-18H3. The molecule has 0 aliphatic heterocycles. The fourth-order valence-electron chi connectivity index (χ4n) is 16.3. The maximum absolute atomic E-state index is 15.9. The number of nitriles is 1. The highest BCUT2D eigenvalue weighted by molar-refractivity contribution is 6.04. The summed E-state index contributed by atoms with van der Waals surface area (Å²) in [4.78, 5) is 104. The Labute approximate surface area is 700 Å². The van der Waals surface area contributed by atoms with Gasteiger partial charge in [0, 0.05) is 82.1 Å². The lowest BCUT2D eigenvalue weighted by Gasteiger charge is -2.32. The number of aromatic hydroxyl groups is 2. The Balaban J connectivity index is 2.06. The molecule has 116 heavy (non-hydrogen) atoms. The number of rotatable bonds is 59. The van der Waals surface area contributed by atoms with E-state index in [0.29, 0.717) is 63.5 Å². The minimum Gasteiger partial charge on any atom is -0.503 e. The van der Waals surface area contributed by atoms with Crippen LogP contribution in [-0.4, -0.2) is 115 Å². The van der Waals surface area contributed by atoms with Crippen LogP contribution in [0.15, 0.2) is 66.4 Å². The van der Waals surface area contributed by atoms with Crippen LogP contribution in [-0.2, 0) is 13.1 Å². The van der Waals surface area contributed by atoms with Gasteiger partial charge in [-0.2, -0.15) is 5.26 Å². The summed E-state index contributed by atoms with van der Waals surface area (Å²) in [6, 6.07) is 11.9. The highest BCUT2D eigenvalue weighted by Crippen LogP contribution is 2.38. The molecule has 20 nitrogen and oxygen atoms in total. The van der Waals surface area contributed by atoms with E-state index >= 15 is 28.8 Å². The Morgan fingerprint density at radius 3 is 0.888 bits per heavy atom. The molecule has 4 aromatic rings. The number of benzene rings is 2. The normalized spacial score (nSPS) is 13.8. The van der Waals surface area contributed by atoms with Crippen LogP contribution < -0.4 is 11.1 Å². The zero-order chi connectivity index (χ0) is 85.8. The second-order valence-corrected chi connectivity index (χ2v) is 33.5. The number of hydrogen-bond donors (Lipinski definition) is 2. The van der Waals surface area contributed by atoms with Crippen molar-refractivity contribution in [1.29, 1.82) is 5.26 Å². The molecule has 2 aromatic carbocycles. The van der Waals surface area contributed by atoms with Crippen LogP contribution in [0.3, 0.4) is 0 Å². The van der Waals surface area contributed by atoms with Crippen LogP contribution in [0, 0.1) is 79.1 Å². The fraction of sp³-hybridized carbons (Fsp3) is 0.708. The van der Waals surface area contributed by atoms with Gasteiger partial charge in [-0.1, -0.05) is 265 Å². The first-order chi connectivity index (χ1) is 55.9. The molecular weight excluding hydrogens is 1450 g/mol. The van der Waals surface area contributed by atoms with Gasteiger partial charge in [0.15, 0.2) is 11.6 Å². The SMILES string of the molecule is [C-]#[N+]c1c(C)c(N=Nc2ccc(C(=O)N(CC(CC)CCCC)CC(CC)CCCC)cc2C(=O)N(CC(CC)CCCC)CC(CC)CCCC)c(=O)n(CCn2c(O)c(C#N)c(C)c(N=Nc3ccc(C(=O)N(CC(CC)CCCC)CC(CC)CCCC)cc3C(=O)N(CC(CC)CCCC)CC(CC)CCCC)c2=O)c1O. The van der Waals surface area contributed by atoms with Crippen LogP contribution in [0.2, 0.25) is 0 Å². The minimum absolute atomic E-state index is 0.00564. The maximum atomic E-state index is 15.9. The van der Waals surface area contributed by atoms with E-state index in [2.05, 4.69) is 126 Å². The number of azo groups is 2. The highest BCUT2D eigenvalue weighted by Gasteiger charge is 2.33. The Morgan fingerprint density at radius 1 is 0.397 bits per heavy atom. The third-order valence-corrected chi connectivity index (χ3v) is 24.8. The molecule has 8 unspecified atom stereocenters. The topological polar surface area (TPSA) is 243 Å². The molecule has 8 atom stereocenters. The molecular formula is C96H154N12O8. The number of carbonyl (C=O) groups is 4. The summed E-state index contributed by atoms with van der Waals surface area (Å²) in [5.74, 6) is -0.495. The second-order valence-electron chi connectivity index (χ2n) is 33.5. The number of hydrogen-bond acceptors (Lipinski definition) is 13. The molecule has 0 aliphatic rings. The molecule has 20 heteroatoms. The summed E-state index contributed by atoms with van der Waals surface area (Å²) in [5.41, 5.74) is -2.03. The van der Waals surface area contributed by atoms with Gasteiger partial charge in [-0.25, -0.2) is 4.85 Å². The monoisotopic (exact) mass is 1600 g/mol. The van der Waals surface area contributed by atoms with Gasteiger partial charge >= 0.3 is 0 Å². The average Bonchev–Trinajstić information content (AvgIpc) is 0.774. The van der Waals surface area contributed by atoms with Gasteiger partial charge in [0.1, 0.15) is 17.3 Å². The lowest BCUT2D eigenvalue weighted by molar-refractivity contribution is 0.0669. The van der Waals surface area contributed by atoms with E-state index < -0.39 is 36.0 Å². The predicted octanol–water partition coefficient (Wildman–Crippen LogP) is 25.5. The minimum atomic E-state index is -0.916. The molecule has 646 valence electrons. The zero-order valence-corrected chi connectivity index (χ0v) is 75.5. The maximum Gasteiger partial charge on any atom is 0.281 e. The number of aromatic nitrogens is 2. The Kier molecular flexibility index (Phi) is 47.5. The van der Waals surface area contributed by atoms with E-state index in [0.717, 1.165) is 215 Å².